The van der Waals surface area contributed by atoms with E-state index >= 15 is 0 Å². The number of hydrogen-bond donors (Lipinski definition) is 0. The molecule has 0 spiro atoms. The van der Waals surface area contributed by atoms with Crippen LogP contribution in [0.25, 0.3) is 0 Å². The number of hydrogen-bond acceptors (Lipinski definition) is 4. The normalized spacial score (nSPS) is 48.1. The van der Waals surface area contributed by atoms with Crippen molar-refractivity contribution in [3.63, 3.8) is 0 Å². The molecule has 3 aliphatic heterocycles. The third-order valence-corrected chi connectivity index (χ3v) is 11.3. The van der Waals surface area contributed by atoms with Crippen molar-refractivity contribution < 1.29 is 4.74 Å². The zero-order chi connectivity index (χ0) is 23.9. The van der Waals surface area contributed by atoms with Crippen LogP contribution in [0.5, 0.6) is 0 Å². The molecule has 4 heteroatoms. The van der Waals surface area contributed by atoms with Gasteiger partial charge in [-0.15, -0.1) is 0 Å². The Bertz CT molecular complexity index is 818. The molecule has 3 heterocycles. The summed E-state index contributed by atoms with van der Waals surface area (Å²) in [5.74, 6) is 3.98. The van der Waals surface area contributed by atoms with Gasteiger partial charge in [0.1, 0.15) is 6.23 Å². The Morgan fingerprint density at radius 1 is 0.912 bits per heavy atom. The van der Waals surface area contributed by atoms with E-state index in [-0.39, 0.29) is 5.54 Å². The van der Waals surface area contributed by atoms with Gasteiger partial charge in [-0.05, 0) is 117 Å². The number of ether oxygens (including phenoxy) is 1. The smallest absolute Gasteiger partial charge is 0.115 e. The Balaban J connectivity index is 1.34. The highest BCUT2D eigenvalue weighted by Crippen LogP contribution is 2.66. The van der Waals surface area contributed by atoms with Crippen molar-refractivity contribution in [2.24, 2.45) is 29.6 Å². The molecule has 7 unspecified atom stereocenters. The molecule has 0 aromatic heterocycles. The number of terminal acetylenes is 1. The minimum absolute atomic E-state index is 0.233. The molecular formula is C30H49N3O. The maximum Gasteiger partial charge on any atom is 0.115 e. The van der Waals surface area contributed by atoms with Gasteiger partial charge < -0.3 is 9.64 Å². The maximum absolute atomic E-state index is 6.69. The fourth-order valence-electron chi connectivity index (χ4n) is 10.2. The van der Waals surface area contributed by atoms with Gasteiger partial charge in [-0.3, -0.25) is 9.80 Å². The topological polar surface area (TPSA) is 19.0 Å². The molecule has 4 nitrogen and oxygen atoms in total. The molecule has 0 amide bonds. The number of rotatable bonds is 6. The molecule has 3 aliphatic carbocycles. The molecule has 190 valence electrons. The fourth-order valence-corrected chi connectivity index (χ4v) is 10.2. The summed E-state index contributed by atoms with van der Waals surface area (Å²) < 4.78 is 6.69. The molecule has 34 heavy (non-hydrogen) atoms. The second kappa shape index (κ2) is 8.39. The van der Waals surface area contributed by atoms with E-state index in [1.165, 1.54) is 51.4 Å². The highest BCUT2D eigenvalue weighted by Gasteiger charge is 2.67. The molecule has 10 atom stereocenters. The van der Waals surface area contributed by atoms with Crippen LogP contribution in [0.1, 0.15) is 92.9 Å². The standard InChI is InChI=1S/C30H49N3O/c1-8-32(19(4)5)30(14-13-21-15-26(21)30)25-12-9-22-16-27(25)33(20(6)7)28(22)24-11-10-23-17-31(18(2)3)29(24)34-23/h1,18-29H,9-17H2,2-7H3/t21-,22?,23?,24?,25?,26+,27?,28?,29?,30-/m1/s1. The summed E-state index contributed by atoms with van der Waals surface area (Å²) in [6.07, 6.45) is 18.0. The van der Waals surface area contributed by atoms with Crippen LogP contribution in [-0.4, -0.2) is 69.3 Å². The monoisotopic (exact) mass is 467 g/mol. The predicted molar refractivity (Wildman–Crippen MR) is 138 cm³/mol. The molecule has 0 aromatic rings. The predicted octanol–water partition coefficient (Wildman–Crippen LogP) is 5.18. The van der Waals surface area contributed by atoms with Crippen molar-refractivity contribution in [1.29, 1.82) is 0 Å². The van der Waals surface area contributed by atoms with Crippen LogP contribution in [0.15, 0.2) is 0 Å². The first kappa shape index (κ1) is 23.6. The molecular weight excluding hydrogens is 418 g/mol. The van der Waals surface area contributed by atoms with E-state index in [9.17, 15) is 0 Å². The summed E-state index contributed by atoms with van der Waals surface area (Å²) in [7, 11) is 0. The van der Waals surface area contributed by atoms with Crippen LogP contribution >= 0.6 is 0 Å². The number of nitrogens with zero attached hydrogens (tertiary/aromatic N) is 3. The average Bonchev–Trinajstić information content (AvgIpc) is 3.26. The van der Waals surface area contributed by atoms with Gasteiger partial charge in [0.15, 0.2) is 0 Å². The Morgan fingerprint density at radius 2 is 1.71 bits per heavy atom. The zero-order valence-electron chi connectivity index (χ0n) is 22.6. The Hall–Kier alpha value is -0.760. The number of fused-ring (bicyclic) bond motifs is 5. The van der Waals surface area contributed by atoms with E-state index in [4.69, 9.17) is 11.2 Å². The lowest BCUT2D eigenvalue weighted by molar-refractivity contribution is -0.110. The van der Waals surface area contributed by atoms with Crippen LogP contribution in [0.3, 0.4) is 0 Å². The highest BCUT2D eigenvalue weighted by atomic mass is 16.5. The minimum atomic E-state index is 0.233. The molecule has 0 aromatic carbocycles. The summed E-state index contributed by atoms with van der Waals surface area (Å²) in [5.41, 5.74) is 0.233. The van der Waals surface area contributed by atoms with Crippen LogP contribution in [0.4, 0.5) is 0 Å². The van der Waals surface area contributed by atoms with Gasteiger partial charge in [0.2, 0.25) is 0 Å². The van der Waals surface area contributed by atoms with Crippen molar-refractivity contribution in [2.75, 3.05) is 6.54 Å². The third kappa shape index (κ3) is 3.29. The lowest BCUT2D eigenvalue weighted by Crippen LogP contribution is -2.61. The van der Waals surface area contributed by atoms with E-state index in [0.29, 0.717) is 54.4 Å². The first-order valence-electron chi connectivity index (χ1n) is 14.7. The summed E-state index contributed by atoms with van der Waals surface area (Å²) in [6, 6.07) is 6.18. The molecule has 3 saturated carbocycles. The summed E-state index contributed by atoms with van der Waals surface area (Å²) >= 11 is 0. The van der Waals surface area contributed by atoms with Crippen molar-refractivity contribution in [1.82, 2.24) is 14.7 Å². The van der Waals surface area contributed by atoms with Crippen LogP contribution in [0, 0.1) is 42.1 Å². The molecule has 0 N–H and O–H groups in total. The van der Waals surface area contributed by atoms with E-state index < -0.39 is 0 Å². The van der Waals surface area contributed by atoms with Gasteiger partial charge in [-0.25, -0.2) is 0 Å². The second-order valence-electron chi connectivity index (χ2n) is 13.7. The van der Waals surface area contributed by atoms with Gasteiger partial charge in [0, 0.05) is 48.7 Å². The number of likely N-dealkylation sites (tertiary alicyclic amines) is 2. The quantitative estimate of drug-likeness (QED) is 0.396. The first-order chi connectivity index (χ1) is 16.3. The Kier molecular flexibility index (Phi) is 5.83. The van der Waals surface area contributed by atoms with Gasteiger partial charge in [-0.2, -0.15) is 0 Å². The fraction of sp³-hybridized carbons (Fsp3) is 0.933. The summed E-state index contributed by atoms with van der Waals surface area (Å²) in [4.78, 5) is 8.24. The van der Waals surface area contributed by atoms with E-state index in [2.05, 4.69) is 62.3 Å². The van der Waals surface area contributed by atoms with E-state index in [1.807, 2.05) is 0 Å². The van der Waals surface area contributed by atoms with E-state index in [0.717, 1.165) is 24.3 Å². The third-order valence-electron chi connectivity index (χ3n) is 11.3. The van der Waals surface area contributed by atoms with Crippen molar-refractivity contribution in [3.05, 3.63) is 0 Å². The summed E-state index contributed by atoms with van der Waals surface area (Å²) in [5, 5.41) is 0. The van der Waals surface area contributed by atoms with Crippen LogP contribution < -0.4 is 0 Å². The summed E-state index contributed by atoms with van der Waals surface area (Å²) in [6.45, 7) is 15.5. The van der Waals surface area contributed by atoms with Crippen LogP contribution in [-0.2, 0) is 4.74 Å². The first-order valence-corrected chi connectivity index (χ1v) is 14.7. The Labute approximate surface area is 209 Å². The van der Waals surface area contributed by atoms with E-state index in [1.54, 1.807) is 0 Å². The van der Waals surface area contributed by atoms with Gasteiger partial charge >= 0.3 is 0 Å². The largest absolute Gasteiger partial charge is 0.358 e. The minimum Gasteiger partial charge on any atom is -0.358 e. The van der Waals surface area contributed by atoms with Gasteiger partial charge in [0.25, 0.3) is 0 Å². The molecule has 3 saturated heterocycles. The van der Waals surface area contributed by atoms with Gasteiger partial charge in [0.05, 0.1) is 11.6 Å². The SMILES string of the molecule is C#CN(C(C)C)[C@@]1(C2CCC3CC2N(C(C)C)C3C2CCC3CN(C(C)C)C2O3)CC[C@@H]2C[C@@H]21. The Morgan fingerprint density at radius 3 is 2.29 bits per heavy atom. The second-order valence-corrected chi connectivity index (χ2v) is 13.7. The zero-order valence-corrected chi connectivity index (χ0v) is 22.6. The maximum atomic E-state index is 6.69. The van der Waals surface area contributed by atoms with Crippen molar-refractivity contribution in [3.8, 4) is 12.5 Å². The molecule has 6 aliphatic rings. The molecule has 6 rings (SSSR count). The lowest BCUT2D eigenvalue weighted by Gasteiger charge is -2.53. The van der Waals surface area contributed by atoms with Gasteiger partial charge in [-0.1, -0.05) is 6.42 Å². The lowest BCUT2D eigenvalue weighted by atomic mass is 9.66. The van der Waals surface area contributed by atoms with Crippen LogP contribution in [0.2, 0.25) is 0 Å². The van der Waals surface area contributed by atoms with Crippen molar-refractivity contribution >= 4 is 0 Å². The highest BCUT2D eigenvalue weighted by molar-refractivity contribution is 5.23. The average molecular weight is 468 g/mol. The molecule has 0 radical (unpaired) electrons. The molecule has 6 fully saturated rings. The molecule has 4 bridgehead atoms. The van der Waals surface area contributed by atoms with Crippen molar-refractivity contribution in [2.45, 2.75) is 141 Å².